The van der Waals surface area contributed by atoms with E-state index in [4.69, 9.17) is 4.98 Å². The molecule has 168 valence electrons. The van der Waals surface area contributed by atoms with E-state index in [2.05, 4.69) is 54.0 Å². The zero-order chi connectivity index (χ0) is 22.7. The number of nitrogens with zero attached hydrogens (tertiary/aromatic N) is 2. The maximum absolute atomic E-state index is 12.6. The molecule has 0 aliphatic carbocycles. The molecule has 1 aromatic carbocycles. The number of hydrogen-bond acceptors (Lipinski definition) is 4. The molecule has 2 N–H and O–H groups in total. The van der Waals surface area contributed by atoms with Crippen LogP contribution >= 0.6 is 0 Å². The number of hydrogen-bond donors (Lipinski definition) is 2. The van der Waals surface area contributed by atoms with Crippen molar-refractivity contribution in [3.05, 3.63) is 64.5 Å². The van der Waals surface area contributed by atoms with Crippen LogP contribution in [-0.4, -0.2) is 46.9 Å². The van der Waals surface area contributed by atoms with Gasteiger partial charge < -0.3 is 10.2 Å². The molecule has 4 amide bonds. The predicted octanol–water partition coefficient (Wildman–Crippen LogP) is 2.98. The van der Waals surface area contributed by atoms with Crippen LogP contribution in [0, 0.1) is 13.8 Å². The molecule has 0 saturated carbocycles. The van der Waals surface area contributed by atoms with E-state index in [0.717, 1.165) is 30.7 Å². The predicted molar refractivity (Wildman–Crippen MR) is 121 cm³/mol. The Bertz CT molecular complexity index is 1010. The van der Waals surface area contributed by atoms with E-state index in [0.29, 0.717) is 25.4 Å². The third-order valence-corrected chi connectivity index (χ3v) is 6.33. The molecule has 0 bridgehead atoms. The highest BCUT2D eigenvalue weighted by molar-refractivity contribution is 6.04. The quantitative estimate of drug-likeness (QED) is 0.684. The van der Waals surface area contributed by atoms with Crippen LogP contribution in [0.3, 0.4) is 0 Å². The minimum absolute atomic E-state index is 0.0367. The van der Waals surface area contributed by atoms with Crippen LogP contribution in [0.5, 0.6) is 0 Å². The fraction of sp³-hybridized carbons (Fsp3) is 0.440. The molecule has 1 unspecified atom stereocenters. The van der Waals surface area contributed by atoms with Crippen molar-refractivity contribution in [1.82, 2.24) is 20.5 Å². The summed E-state index contributed by atoms with van der Waals surface area (Å²) < 4.78 is 0. The van der Waals surface area contributed by atoms with E-state index in [9.17, 15) is 14.4 Å². The lowest BCUT2D eigenvalue weighted by Gasteiger charge is -2.32. The lowest BCUT2D eigenvalue weighted by Crippen LogP contribution is -2.39. The lowest BCUT2D eigenvalue weighted by molar-refractivity contribution is -0.132. The van der Waals surface area contributed by atoms with Gasteiger partial charge in [-0.05, 0) is 62.8 Å². The van der Waals surface area contributed by atoms with Crippen LogP contribution in [0.15, 0.2) is 36.4 Å². The number of nitrogens with one attached hydrogen (secondary N) is 2. The molecule has 3 heterocycles. The summed E-state index contributed by atoms with van der Waals surface area (Å²) in [6, 6.07) is 11.9. The summed E-state index contributed by atoms with van der Waals surface area (Å²) in [4.78, 5) is 42.1. The smallest absolute Gasteiger partial charge is 0.322 e. The number of carbonyl (C=O) groups excluding carboxylic acids is 3. The molecule has 2 aromatic rings. The number of amides is 4. The number of urea groups is 1. The third-order valence-electron chi connectivity index (χ3n) is 6.33. The van der Waals surface area contributed by atoms with Crippen molar-refractivity contribution >= 4 is 17.8 Å². The first-order valence-corrected chi connectivity index (χ1v) is 11.3. The fourth-order valence-corrected chi connectivity index (χ4v) is 4.53. The molecule has 0 spiro atoms. The third kappa shape index (κ3) is 5.33. The summed E-state index contributed by atoms with van der Waals surface area (Å²) in [5.74, 6) is 0.0266. The summed E-state index contributed by atoms with van der Waals surface area (Å²) in [6.07, 6.45) is 3.24. The number of rotatable bonds is 6. The molecular weight excluding hydrogens is 404 g/mol. The lowest BCUT2D eigenvalue weighted by atomic mass is 9.91. The average molecular weight is 435 g/mol. The Balaban J connectivity index is 1.32. The number of imide groups is 1. The number of aryl methyl sites for hydroxylation is 2. The van der Waals surface area contributed by atoms with Gasteiger partial charge in [0.15, 0.2) is 0 Å². The molecule has 1 atom stereocenters. The van der Waals surface area contributed by atoms with E-state index in [1.54, 1.807) is 0 Å². The van der Waals surface area contributed by atoms with Gasteiger partial charge in [-0.2, -0.15) is 0 Å². The van der Waals surface area contributed by atoms with E-state index >= 15 is 0 Å². The van der Waals surface area contributed by atoms with Crippen LogP contribution in [0.4, 0.5) is 4.79 Å². The van der Waals surface area contributed by atoms with E-state index in [-0.39, 0.29) is 18.2 Å². The van der Waals surface area contributed by atoms with Crippen molar-refractivity contribution < 1.29 is 14.4 Å². The van der Waals surface area contributed by atoms with Crippen molar-refractivity contribution in [2.75, 3.05) is 13.1 Å². The minimum atomic E-state index is -0.604. The van der Waals surface area contributed by atoms with Crippen LogP contribution in [0.1, 0.15) is 59.7 Å². The summed E-state index contributed by atoms with van der Waals surface area (Å²) in [5, 5.41) is 4.74. The summed E-state index contributed by atoms with van der Waals surface area (Å²) in [5.41, 5.74) is 5.97. The van der Waals surface area contributed by atoms with Gasteiger partial charge in [0.1, 0.15) is 6.04 Å². The fourth-order valence-electron chi connectivity index (χ4n) is 4.53. The van der Waals surface area contributed by atoms with Crippen LogP contribution < -0.4 is 10.6 Å². The van der Waals surface area contributed by atoms with E-state index in [1.807, 2.05) is 11.8 Å². The number of benzene rings is 1. The Morgan fingerprint density at radius 2 is 1.78 bits per heavy atom. The maximum atomic E-state index is 12.6. The average Bonchev–Trinajstić information content (AvgIpc) is 3.10. The SMILES string of the molecule is Cc1ccc(Cc2cc(C)nc(C3CCN(C(=O)CCC4NC(=O)NC4=O)CC3)c2)cc1. The molecule has 2 aliphatic rings. The van der Waals surface area contributed by atoms with Crippen LogP contribution in [0.2, 0.25) is 0 Å². The standard InChI is InChI=1S/C25H30N4O3/c1-16-3-5-18(6-4-16)14-19-13-17(2)26-22(15-19)20-9-11-29(12-10-20)23(30)8-7-21-24(31)28-25(32)27-21/h3-6,13,15,20-21H,7-12,14H2,1-2H3,(H2,27,28,31,32). The van der Waals surface area contributed by atoms with Crippen LogP contribution in [0.25, 0.3) is 0 Å². The van der Waals surface area contributed by atoms with Gasteiger partial charge in [-0.3, -0.25) is 19.9 Å². The maximum Gasteiger partial charge on any atom is 0.322 e. The molecule has 2 fully saturated rings. The van der Waals surface area contributed by atoms with Crippen molar-refractivity contribution in [3.63, 3.8) is 0 Å². The monoisotopic (exact) mass is 434 g/mol. The molecule has 1 aromatic heterocycles. The number of likely N-dealkylation sites (tertiary alicyclic amines) is 1. The molecule has 7 nitrogen and oxygen atoms in total. The van der Waals surface area contributed by atoms with Gasteiger partial charge in [0, 0.05) is 36.8 Å². The summed E-state index contributed by atoms with van der Waals surface area (Å²) in [6.45, 7) is 5.52. The molecule has 2 aliphatic heterocycles. The van der Waals surface area contributed by atoms with Crippen molar-refractivity contribution in [2.24, 2.45) is 0 Å². The Morgan fingerprint density at radius 1 is 1.06 bits per heavy atom. The highest BCUT2D eigenvalue weighted by Gasteiger charge is 2.31. The van der Waals surface area contributed by atoms with Crippen molar-refractivity contribution in [2.45, 2.75) is 57.9 Å². The zero-order valence-corrected chi connectivity index (χ0v) is 18.7. The number of pyridine rings is 1. The number of aromatic nitrogens is 1. The number of carbonyl (C=O) groups is 3. The molecule has 2 saturated heterocycles. The van der Waals surface area contributed by atoms with Crippen LogP contribution in [-0.2, 0) is 16.0 Å². The minimum Gasteiger partial charge on any atom is -0.343 e. The van der Waals surface area contributed by atoms with Gasteiger partial charge in [-0.1, -0.05) is 29.8 Å². The van der Waals surface area contributed by atoms with Gasteiger partial charge in [0.05, 0.1) is 0 Å². The second kappa shape index (κ2) is 9.51. The molecule has 4 rings (SSSR count). The first kappa shape index (κ1) is 22.0. The largest absolute Gasteiger partial charge is 0.343 e. The molecular formula is C25H30N4O3. The van der Waals surface area contributed by atoms with Gasteiger partial charge in [-0.15, -0.1) is 0 Å². The highest BCUT2D eigenvalue weighted by Crippen LogP contribution is 2.28. The van der Waals surface area contributed by atoms with Gasteiger partial charge in [-0.25, -0.2) is 4.79 Å². The molecule has 0 radical (unpaired) electrons. The molecule has 32 heavy (non-hydrogen) atoms. The van der Waals surface area contributed by atoms with Gasteiger partial charge in [0.25, 0.3) is 5.91 Å². The summed E-state index contributed by atoms with van der Waals surface area (Å²) in [7, 11) is 0. The van der Waals surface area contributed by atoms with Gasteiger partial charge >= 0.3 is 6.03 Å². The van der Waals surface area contributed by atoms with Gasteiger partial charge in [0.2, 0.25) is 5.91 Å². The second-order valence-corrected chi connectivity index (χ2v) is 8.91. The highest BCUT2D eigenvalue weighted by atomic mass is 16.2. The Kier molecular flexibility index (Phi) is 6.53. The van der Waals surface area contributed by atoms with E-state index < -0.39 is 12.1 Å². The van der Waals surface area contributed by atoms with Crippen molar-refractivity contribution in [3.8, 4) is 0 Å². The first-order chi connectivity index (χ1) is 15.4. The topological polar surface area (TPSA) is 91.4 Å². The number of piperidine rings is 1. The zero-order valence-electron chi connectivity index (χ0n) is 18.7. The van der Waals surface area contributed by atoms with Crippen molar-refractivity contribution in [1.29, 1.82) is 0 Å². The Hall–Kier alpha value is -3.22. The molecule has 7 heteroatoms. The first-order valence-electron chi connectivity index (χ1n) is 11.3. The Morgan fingerprint density at radius 3 is 2.44 bits per heavy atom. The second-order valence-electron chi connectivity index (χ2n) is 8.91. The van der Waals surface area contributed by atoms with E-state index in [1.165, 1.54) is 16.7 Å². The Labute approximate surface area is 188 Å². The summed E-state index contributed by atoms with van der Waals surface area (Å²) >= 11 is 0. The normalized spacial score (nSPS) is 19.1.